The maximum absolute atomic E-state index is 11.3. The molecule has 6 nitrogen and oxygen atoms in total. The van der Waals surface area contributed by atoms with E-state index < -0.39 is 0 Å². The van der Waals surface area contributed by atoms with E-state index in [1.807, 2.05) is 0 Å². The minimum atomic E-state index is -0.245. The first kappa shape index (κ1) is 12.0. The fourth-order valence-electron chi connectivity index (χ4n) is 1.38. The van der Waals surface area contributed by atoms with Crippen LogP contribution >= 0.6 is 0 Å². The van der Waals surface area contributed by atoms with Crippen molar-refractivity contribution in [3.05, 3.63) is 47.0 Å². The zero-order chi connectivity index (χ0) is 12.8. The molecule has 0 aliphatic rings. The number of nitrogens with two attached hydrogens (primary N) is 1. The Balaban J connectivity index is 1.78. The van der Waals surface area contributed by atoms with Crippen molar-refractivity contribution in [1.82, 2.24) is 9.97 Å². The highest BCUT2D eigenvalue weighted by molar-refractivity contribution is 5.41. The summed E-state index contributed by atoms with van der Waals surface area (Å²) < 4.78 is 5.46. The Labute approximate surface area is 104 Å². The Kier molecular flexibility index (Phi) is 3.80. The number of nitrogens with zero attached hydrogens (tertiary/aromatic N) is 1. The molecule has 0 saturated carbocycles. The zero-order valence-corrected chi connectivity index (χ0v) is 9.72. The van der Waals surface area contributed by atoms with Gasteiger partial charge in [0.2, 0.25) is 0 Å². The van der Waals surface area contributed by atoms with Crippen LogP contribution in [0.15, 0.2) is 41.5 Å². The maximum atomic E-state index is 11.3. The van der Waals surface area contributed by atoms with E-state index in [0.717, 1.165) is 5.75 Å². The van der Waals surface area contributed by atoms with E-state index in [1.54, 1.807) is 24.3 Å². The van der Waals surface area contributed by atoms with Crippen LogP contribution in [0.5, 0.6) is 5.75 Å². The molecule has 0 unspecified atom stereocenters. The molecule has 0 aliphatic heterocycles. The highest BCUT2D eigenvalue weighted by atomic mass is 16.5. The second-order valence-electron chi connectivity index (χ2n) is 3.61. The summed E-state index contributed by atoms with van der Waals surface area (Å²) in [4.78, 5) is 17.7. The summed E-state index contributed by atoms with van der Waals surface area (Å²) in [5.74, 6) is 1.03. The number of aromatic amines is 1. The summed E-state index contributed by atoms with van der Waals surface area (Å²) >= 11 is 0. The van der Waals surface area contributed by atoms with Crippen LogP contribution < -0.4 is 21.3 Å². The molecule has 0 bridgehead atoms. The predicted octanol–water partition coefficient (Wildman–Crippen LogP) is 0.843. The molecular weight excluding hydrogens is 232 g/mol. The lowest BCUT2D eigenvalue weighted by Gasteiger charge is -2.07. The van der Waals surface area contributed by atoms with Gasteiger partial charge in [-0.05, 0) is 24.3 Å². The number of ether oxygens (including phenoxy) is 1. The van der Waals surface area contributed by atoms with Crippen molar-refractivity contribution in [2.24, 2.45) is 0 Å². The Morgan fingerprint density at radius 2 is 2.11 bits per heavy atom. The highest BCUT2D eigenvalue weighted by Crippen LogP contribution is 2.12. The van der Waals surface area contributed by atoms with Gasteiger partial charge >= 0.3 is 0 Å². The van der Waals surface area contributed by atoms with Crippen molar-refractivity contribution < 1.29 is 4.74 Å². The summed E-state index contributed by atoms with van der Waals surface area (Å²) in [6.07, 6.45) is 3.00. The first-order valence-electron chi connectivity index (χ1n) is 5.51. The lowest BCUT2D eigenvalue weighted by Crippen LogP contribution is -2.19. The maximum Gasteiger partial charge on any atom is 0.290 e. The van der Waals surface area contributed by atoms with Gasteiger partial charge in [0.15, 0.2) is 5.82 Å². The van der Waals surface area contributed by atoms with Gasteiger partial charge in [0.25, 0.3) is 5.56 Å². The van der Waals surface area contributed by atoms with Crippen LogP contribution in [0.3, 0.4) is 0 Å². The van der Waals surface area contributed by atoms with Gasteiger partial charge in [0, 0.05) is 18.1 Å². The number of hydrogen-bond acceptors (Lipinski definition) is 5. The summed E-state index contributed by atoms with van der Waals surface area (Å²) in [6.45, 7) is 0.921. The second kappa shape index (κ2) is 5.72. The van der Waals surface area contributed by atoms with Gasteiger partial charge in [-0.1, -0.05) is 0 Å². The predicted molar refractivity (Wildman–Crippen MR) is 69.7 cm³/mol. The molecule has 0 aliphatic carbocycles. The molecule has 0 amide bonds. The number of rotatable bonds is 5. The van der Waals surface area contributed by atoms with Gasteiger partial charge in [-0.25, -0.2) is 4.98 Å². The second-order valence-corrected chi connectivity index (χ2v) is 3.61. The van der Waals surface area contributed by atoms with Crippen LogP contribution in [0.2, 0.25) is 0 Å². The number of anilines is 2. The van der Waals surface area contributed by atoms with Gasteiger partial charge in [-0.2, -0.15) is 0 Å². The smallest absolute Gasteiger partial charge is 0.290 e. The number of aromatic nitrogens is 2. The van der Waals surface area contributed by atoms with Crippen LogP contribution in [0.25, 0.3) is 0 Å². The molecule has 2 rings (SSSR count). The van der Waals surface area contributed by atoms with Crippen molar-refractivity contribution in [2.45, 2.75) is 0 Å². The molecule has 0 spiro atoms. The lowest BCUT2D eigenvalue weighted by atomic mass is 10.3. The standard InChI is InChI=1S/C12H14N4O2/c13-9-1-3-10(4-2-9)18-8-7-15-11-12(17)16-6-5-14-11/h1-6H,7-8,13H2,(H,14,15)(H,16,17). The van der Waals surface area contributed by atoms with E-state index >= 15 is 0 Å². The van der Waals surface area contributed by atoms with Gasteiger partial charge in [-0.3, -0.25) is 4.79 Å². The summed E-state index contributed by atoms with van der Waals surface area (Å²) in [7, 11) is 0. The Bertz CT molecular complexity index is 551. The summed E-state index contributed by atoms with van der Waals surface area (Å²) in [5.41, 5.74) is 6.01. The minimum Gasteiger partial charge on any atom is -0.492 e. The van der Waals surface area contributed by atoms with E-state index in [-0.39, 0.29) is 5.56 Å². The molecule has 0 fully saturated rings. The molecule has 0 radical (unpaired) electrons. The number of nitrogens with one attached hydrogen (secondary N) is 2. The molecule has 2 aromatic rings. The highest BCUT2D eigenvalue weighted by Gasteiger charge is 1.98. The first-order chi connectivity index (χ1) is 8.75. The van der Waals surface area contributed by atoms with Gasteiger partial charge < -0.3 is 20.8 Å². The van der Waals surface area contributed by atoms with Crippen LogP contribution in [-0.4, -0.2) is 23.1 Å². The topological polar surface area (TPSA) is 93.0 Å². The molecule has 1 aromatic carbocycles. The quantitative estimate of drug-likeness (QED) is 0.537. The van der Waals surface area contributed by atoms with E-state index in [1.165, 1.54) is 12.4 Å². The largest absolute Gasteiger partial charge is 0.492 e. The van der Waals surface area contributed by atoms with Crippen molar-refractivity contribution in [2.75, 3.05) is 24.2 Å². The molecule has 4 N–H and O–H groups in total. The molecule has 18 heavy (non-hydrogen) atoms. The molecule has 1 aromatic heterocycles. The van der Waals surface area contributed by atoms with E-state index in [9.17, 15) is 4.79 Å². The molecule has 6 heteroatoms. The van der Waals surface area contributed by atoms with Crippen molar-refractivity contribution in [1.29, 1.82) is 0 Å². The molecule has 0 atom stereocenters. The normalized spacial score (nSPS) is 10.0. The fraction of sp³-hybridized carbons (Fsp3) is 0.167. The molecule has 94 valence electrons. The van der Waals surface area contributed by atoms with Gasteiger partial charge in [0.05, 0.1) is 6.54 Å². The van der Waals surface area contributed by atoms with E-state index in [4.69, 9.17) is 10.5 Å². The number of hydrogen-bond donors (Lipinski definition) is 3. The first-order valence-corrected chi connectivity index (χ1v) is 5.51. The van der Waals surface area contributed by atoms with Gasteiger partial charge in [-0.15, -0.1) is 0 Å². The Hall–Kier alpha value is -2.50. The van der Waals surface area contributed by atoms with Crippen LogP contribution in [0.1, 0.15) is 0 Å². The van der Waals surface area contributed by atoms with Gasteiger partial charge in [0.1, 0.15) is 12.4 Å². The third-order valence-electron chi connectivity index (χ3n) is 2.25. The van der Waals surface area contributed by atoms with E-state index in [0.29, 0.717) is 24.7 Å². The lowest BCUT2D eigenvalue weighted by molar-refractivity contribution is 0.333. The molecular formula is C12H14N4O2. The third-order valence-corrected chi connectivity index (χ3v) is 2.25. The Morgan fingerprint density at radius 3 is 2.83 bits per heavy atom. The number of nitrogen functional groups attached to an aromatic ring is 1. The van der Waals surface area contributed by atoms with Crippen LogP contribution in [0, 0.1) is 0 Å². The molecule has 0 saturated heterocycles. The number of benzene rings is 1. The van der Waals surface area contributed by atoms with Crippen LogP contribution in [-0.2, 0) is 0 Å². The minimum absolute atomic E-state index is 0.245. The monoisotopic (exact) mass is 246 g/mol. The average molecular weight is 246 g/mol. The number of H-pyrrole nitrogens is 1. The average Bonchev–Trinajstić information content (AvgIpc) is 2.39. The van der Waals surface area contributed by atoms with Crippen molar-refractivity contribution in [3.8, 4) is 5.75 Å². The summed E-state index contributed by atoms with van der Waals surface area (Å²) in [6, 6.07) is 7.13. The van der Waals surface area contributed by atoms with Crippen molar-refractivity contribution in [3.63, 3.8) is 0 Å². The van der Waals surface area contributed by atoms with Crippen molar-refractivity contribution >= 4 is 11.5 Å². The SMILES string of the molecule is Nc1ccc(OCCNc2ncc[nH]c2=O)cc1. The zero-order valence-electron chi connectivity index (χ0n) is 9.72. The third kappa shape index (κ3) is 3.24. The van der Waals surface area contributed by atoms with Crippen LogP contribution in [0.4, 0.5) is 11.5 Å². The summed E-state index contributed by atoms with van der Waals surface area (Å²) in [5, 5.41) is 2.89. The Morgan fingerprint density at radius 1 is 1.33 bits per heavy atom. The fourth-order valence-corrected chi connectivity index (χ4v) is 1.38. The van der Waals surface area contributed by atoms with E-state index in [2.05, 4.69) is 15.3 Å². The molecule has 1 heterocycles.